The molecule has 5 nitrogen and oxygen atoms in total. The van der Waals surface area contributed by atoms with E-state index in [9.17, 15) is 9.90 Å². The highest BCUT2D eigenvalue weighted by molar-refractivity contribution is 6.42. The molecule has 0 amide bonds. The topological polar surface area (TPSA) is 96.4 Å². The van der Waals surface area contributed by atoms with Crippen molar-refractivity contribution in [1.82, 2.24) is 0 Å². The van der Waals surface area contributed by atoms with Gasteiger partial charge in [-0.05, 0) is 19.8 Å². The second kappa shape index (κ2) is 4.93. The number of ether oxygens (including phenoxy) is 1. The van der Waals surface area contributed by atoms with Crippen LogP contribution in [-0.2, 0) is 9.53 Å². The molecule has 1 aliphatic rings. The van der Waals surface area contributed by atoms with Gasteiger partial charge in [0.25, 0.3) is 0 Å². The highest BCUT2D eigenvalue weighted by atomic mass is 16.5. The standard InChI is InChI=1S/C10H16N2O3/c1-2-15-10(14)9(12)7-4-3-6(13)5-8(7)11/h6,12-13H,2-5,11H2,1H3. The molecule has 0 fully saturated rings. The van der Waals surface area contributed by atoms with E-state index in [1.54, 1.807) is 6.92 Å². The maximum absolute atomic E-state index is 11.3. The largest absolute Gasteiger partial charge is 0.461 e. The van der Waals surface area contributed by atoms with E-state index in [1.165, 1.54) is 0 Å². The molecule has 0 aliphatic heterocycles. The second-order valence-corrected chi connectivity index (χ2v) is 3.50. The zero-order chi connectivity index (χ0) is 11.4. The van der Waals surface area contributed by atoms with Gasteiger partial charge in [-0.15, -0.1) is 0 Å². The number of hydrogen-bond donors (Lipinski definition) is 3. The number of rotatable bonds is 3. The normalized spacial score (nSPS) is 21.3. The summed E-state index contributed by atoms with van der Waals surface area (Å²) in [7, 11) is 0. The van der Waals surface area contributed by atoms with Crippen LogP contribution >= 0.6 is 0 Å². The summed E-state index contributed by atoms with van der Waals surface area (Å²) in [5.41, 5.74) is 6.43. The fourth-order valence-electron chi connectivity index (χ4n) is 1.56. The fraction of sp³-hybridized carbons (Fsp3) is 0.600. The van der Waals surface area contributed by atoms with Gasteiger partial charge in [0.15, 0.2) is 0 Å². The average molecular weight is 212 g/mol. The van der Waals surface area contributed by atoms with Crippen molar-refractivity contribution in [3.8, 4) is 0 Å². The lowest BCUT2D eigenvalue weighted by Gasteiger charge is -2.21. The summed E-state index contributed by atoms with van der Waals surface area (Å²) in [4.78, 5) is 11.3. The molecule has 1 rings (SSSR count). The lowest BCUT2D eigenvalue weighted by atomic mass is 9.91. The quantitative estimate of drug-likeness (QED) is 0.464. The lowest BCUT2D eigenvalue weighted by Crippen LogP contribution is -2.27. The van der Waals surface area contributed by atoms with E-state index < -0.39 is 12.1 Å². The number of nitrogens with one attached hydrogen (secondary N) is 1. The number of carbonyl (C=O) groups is 1. The highest BCUT2D eigenvalue weighted by Gasteiger charge is 2.24. The molecule has 0 aromatic carbocycles. The SMILES string of the molecule is CCOC(=O)C(=N)C1=C(N)CC(O)CC1. The molecule has 0 spiro atoms. The van der Waals surface area contributed by atoms with Crippen LogP contribution in [0.15, 0.2) is 11.3 Å². The predicted octanol–water partition coefficient (Wildman–Crippen LogP) is 0.327. The van der Waals surface area contributed by atoms with Gasteiger partial charge in [-0.3, -0.25) is 5.41 Å². The monoisotopic (exact) mass is 212 g/mol. The molecular formula is C10H16N2O3. The summed E-state index contributed by atoms with van der Waals surface area (Å²) in [6, 6.07) is 0. The first-order chi connectivity index (χ1) is 7.06. The summed E-state index contributed by atoms with van der Waals surface area (Å²) in [5.74, 6) is -0.646. The molecule has 0 saturated heterocycles. The molecule has 0 radical (unpaired) electrons. The number of aliphatic hydroxyl groups excluding tert-OH is 1. The minimum absolute atomic E-state index is 0.179. The van der Waals surface area contributed by atoms with Crippen LogP contribution in [0.1, 0.15) is 26.2 Å². The van der Waals surface area contributed by atoms with Gasteiger partial charge in [-0.2, -0.15) is 0 Å². The third-order valence-electron chi connectivity index (χ3n) is 2.35. The molecule has 5 heteroatoms. The second-order valence-electron chi connectivity index (χ2n) is 3.50. The number of esters is 1. The van der Waals surface area contributed by atoms with E-state index in [0.29, 0.717) is 30.5 Å². The van der Waals surface area contributed by atoms with Gasteiger partial charge >= 0.3 is 5.97 Å². The molecule has 1 unspecified atom stereocenters. The first kappa shape index (κ1) is 11.7. The predicted molar refractivity (Wildman–Crippen MR) is 55.4 cm³/mol. The molecule has 1 aliphatic carbocycles. The van der Waals surface area contributed by atoms with Crippen LogP contribution in [0.4, 0.5) is 0 Å². The van der Waals surface area contributed by atoms with Crippen molar-refractivity contribution in [2.24, 2.45) is 5.73 Å². The Morgan fingerprint density at radius 2 is 2.40 bits per heavy atom. The van der Waals surface area contributed by atoms with Gasteiger partial charge in [0.1, 0.15) is 5.71 Å². The summed E-state index contributed by atoms with van der Waals surface area (Å²) < 4.78 is 4.72. The van der Waals surface area contributed by atoms with E-state index in [0.717, 1.165) is 0 Å². The molecule has 0 saturated carbocycles. The van der Waals surface area contributed by atoms with Crippen LogP contribution in [0.3, 0.4) is 0 Å². The Hall–Kier alpha value is -1.36. The summed E-state index contributed by atoms with van der Waals surface area (Å²) in [6.07, 6.45) is 0.878. The molecule has 0 aromatic heterocycles. The zero-order valence-corrected chi connectivity index (χ0v) is 8.75. The Balaban J connectivity index is 2.75. The fourth-order valence-corrected chi connectivity index (χ4v) is 1.56. The van der Waals surface area contributed by atoms with Crippen molar-refractivity contribution in [2.75, 3.05) is 6.61 Å². The van der Waals surface area contributed by atoms with E-state index in [2.05, 4.69) is 0 Å². The minimum atomic E-state index is -0.646. The van der Waals surface area contributed by atoms with Crippen LogP contribution in [-0.4, -0.2) is 29.5 Å². The third kappa shape index (κ3) is 2.79. The molecule has 84 valence electrons. The number of carbonyl (C=O) groups excluding carboxylic acids is 1. The number of nitrogens with two attached hydrogens (primary N) is 1. The van der Waals surface area contributed by atoms with Crippen molar-refractivity contribution in [3.05, 3.63) is 11.3 Å². The van der Waals surface area contributed by atoms with Gasteiger partial charge in [-0.25, -0.2) is 4.79 Å². The molecule has 0 heterocycles. The van der Waals surface area contributed by atoms with E-state index in [1.807, 2.05) is 0 Å². The van der Waals surface area contributed by atoms with Crippen LogP contribution in [0.2, 0.25) is 0 Å². The van der Waals surface area contributed by atoms with Crippen LogP contribution in [0.5, 0.6) is 0 Å². The van der Waals surface area contributed by atoms with Crippen molar-refractivity contribution >= 4 is 11.7 Å². The maximum Gasteiger partial charge on any atom is 0.356 e. The summed E-state index contributed by atoms with van der Waals surface area (Å²) in [6.45, 7) is 1.94. The molecule has 0 bridgehead atoms. The van der Waals surface area contributed by atoms with E-state index in [-0.39, 0.29) is 12.3 Å². The Morgan fingerprint density at radius 3 is 2.93 bits per heavy atom. The molecule has 15 heavy (non-hydrogen) atoms. The maximum atomic E-state index is 11.3. The minimum Gasteiger partial charge on any atom is -0.461 e. The van der Waals surface area contributed by atoms with E-state index in [4.69, 9.17) is 15.9 Å². The van der Waals surface area contributed by atoms with Gasteiger partial charge in [0, 0.05) is 17.7 Å². The van der Waals surface area contributed by atoms with Gasteiger partial charge in [-0.1, -0.05) is 0 Å². The van der Waals surface area contributed by atoms with Crippen molar-refractivity contribution in [2.45, 2.75) is 32.3 Å². The molecule has 0 aromatic rings. The Kier molecular flexibility index (Phi) is 3.85. The van der Waals surface area contributed by atoms with Crippen molar-refractivity contribution in [3.63, 3.8) is 0 Å². The lowest BCUT2D eigenvalue weighted by molar-refractivity contribution is -0.135. The molecular weight excluding hydrogens is 196 g/mol. The smallest absolute Gasteiger partial charge is 0.356 e. The van der Waals surface area contributed by atoms with Crippen molar-refractivity contribution in [1.29, 1.82) is 5.41 Å². The molecule has 1 atom stereocenters. The van der Waals surface area contributed by atoms with E-state index >= 15 is 0 Å². The summed E-state index contributed by atoms with van der Waals surface area (Å²) in [5, 5.41) is 16.9. The van der Waals surface area contributed by atoms with Gasteiger partial charge in [0.2, 0.25) is 0 Å². The van der Waals surface area contributed by atoms with Crippen LogP contribution < -0.4 is 5.73 Å². The highest BCUT2D eigenvalue weighted by Crippen LogP contribution is 2.22. The Labute approximate surface area is 88.4 Å². The van der Waals surface area contributed by atoms with Crippen LogP contribution in [0, 0.1) is 5.41 Å². The average Bonchev–Trinajstić information content (AvgIpc) is 2.17. The first-order valence-electron chi connectivity index (χ1n) is 4.97. The third-order valence-corrected chi connectivity index (χ3v) is 2.35. The number of aliphatic hydroxyl groups is 1. The molecule has 4 N–H and O–H groups in total. The van der Waals surface area contributed by atoms with Gasteiger partial charge in [0.05, 0.1) is 12.7 Å². The first-order valence-corrected chi connectivity index (χ1v) is 4.97. The summed E-state index contributed by atoms with van der Waals surface area (Å²) >= 11 is 0. The zero-order valence-electron chi connectivity index (χ0n) is 8.75. The van der Waals surface area contributed by atoms with Crippen molar-refractivity contribution < 1.29 is 14.6 Å². The Morgan fingerprint density at radius 1 is 1.73 bits per heavy atom. The van der Waals surface area contributed by atoms with Crippen LogP contribution in [0.25, 0.3) is 0 Å². The van der Waals surface area contributed by atoms with Gasteiger partial charge < -0.3 is 15.6 Å². The Bertz CT molecular complexity index is 310. The number of hydrogen-bond acceptors (Lipinski definition) is 5.